The van der Waals surface area contributed by atoms with E-state index >= 15 is 0 Å². The van der Waals surface area contributed by atoms with Gasteiger partial charge in [-0.3, -0.25) is 4.79 Å². The van der Waals surface area contributed by atoms with Crippen LogP contribution >= 0.6 is 0 Å². The minimum absolute atomic E-state index is 0.306. The summed E-state index contributed by atoms with van der Waals surface area (Å²) in [5.41, 5.74) is 2.38. The van der Waals surface area contributed by atoms with Crippen LogP contribution in [-0.2, 0) is 11.2 Å². The summed E-state index contributed by atoms with van der Waals surface area (Å²) < 4.78 is 0. The third kappa shape index (κ3) is 2.66. The summed E-state index contributed by atoms with van der Waals surface area (Å²) >= 11 is 0. The molecule has 0 aromatic heterocycles. The van der Waals surface area contributed by atoms with E-state index in [4.69, 9.17) is 0 Å². The second kappa shape index (κ2) is 5.33. The Hall–Kier alpha value is -1.35. The molecule has 2 unspecified atom stereocenters. The Bertz CT molecular complexity index is 440. The largest absolute Gasteiger partial charge is 0.335 e. The summed E-state index contributed by atoms with van der Waals surface area (Å²) in [7, 11) is 0. The summed E-state index contributed by atoms with van der Waals surface area (Å²) in [6.45, 7) is 4.10. The molecule has 1 aromatic carbocycles. The second-order valence-electron chi connectivity index (χ2n) is 5.84. The molecule has 0 spiro atoms. The minimum Gasteiger partial charge on any atom is -0.335 e. The Morgan fingerprint density at radius 1 is 1.21 bits per heavy atom. The lowest BCUT2D eigenvalue weighted by atomic mass is 10.1. The fourth-order valence-corrected chi connectivity index (χ4v) is 3.36. The van der Waals surface area contributed by atoms with Gasteiger partial charge in [0.05, 0.1) is 6.42 Å². The van der Waals surface area contributed by atoms with Crippen LogP contribution in [0.3, 0.4) is 0 Å². The van der Waals surface area contributed by atoms with Gasteiger partial charge in [-0.15, -0.1) is 0 Å². The number of aryl methyl sites for hydroxylation is 1. The third-order valence-corrected chi connectivity index (χ3v) is 4.42. The van der Waals surface area contributed by atoms with E-state index in [9.17, 15) is 4.79 Å². The van der Waals surface area contributed by atoms with Crippen LogP contribution in [0.1, 0.15) is 30.4 Å². The number of carbonyl (C=O) groups is 1. The normalized spacial score (nSPS) is 26.3. The summed E-state index contributed by atoms with van der Waals surface area (Å²) in [5, 5.41) is 3.44. The fourth-order valence-electron chi connectivity index (χ4n) is 3.36. The highest BCUT2D eigenvalue weighted by molar-refractivity contribution is 5.79. The van der Waals surface area contributed by atoms with Crippen molar-refractivity contribution in [2.24, 2.45) is 0 Å². The molecule has 2 heterocycles. The molecule has 102 valence electrons. The molecule has 0 aliphatic carbocycles. The molecule has 0 saturated carbocycles. The van der Waals surface area contributed by atoms with Gasteiger partial charge in [0.2, 0.25) is 5.91 Å². The summed E-state index contributed by atoms with van der Waals surface area (Å²) in [5.74, 6) is 0.306. The van der Waals surface area contributed by atoms with Gasteiger partial charge in [-0.05, 0) is 38.3 Å². The Morgan fingerprint density at radius 3 is 2.74 bits per heavy atom. The van der Waals surface area contributed by atoms with Crippen LogP contribution in [0, 0.1) is 6.92 Å². The molecule has 2 saturated heterocycles. The lowest BCUT2D eigenvalue weighted by Gasteiger charge is -2.28. The van der Waals surface area contributed by atoms with Gasteiger partial charge in [-0.25, -0.2) is 0 Å². The zero-order chi connectivity index (χ0) is 13.2. The quantitative estimate of drug-likeness (QED) is 0.878. The zero-order valence-electron chi connectivity index (χ0n) is 11.6. The first-order valence-corrected chi connectivity index (χ1v) is 7.31. The number of rotatable bonds is 2. The average Bonchev–Trinajstić information content (AvgIpc) is 2.66. The van der Waals surface area contributed by atoms with Gasteiger partial charge in [-0.2, -0.15) is 0 Å². The third-order valence-electron chi connectivity index (χ3n) is 4.42. The van der Waals surface area contributed by atoms with Crippen molar-refractivity contribution in [2.45, 2.75) is 44.7 Å². The summed E-state index contributed by atoms with van der Waals surface area (Å²) in [4.78, 5) is 14.7. The van der Waals surface area contributed by atoms with Crippen LogP contribution in [0.15, 0.2) is 24.3 Å². The fraction of sp³-hybridized carbons (Fsp3) is 0.562. The first kappa shape index (κ1) is 12.7. The molecule has 2 atom stereocenters. The van der Waals surface area contributed by atoms with Crippen LogP contribution in [0.2, 0.25) is 0 Å². The number of benzene rings is 1. The summed E-state index contributed by atoms with van der Waals surface area (Å²) in [6, 6.07) is 9.21. The van der Waals surface area contributed by atoms with Crippen molar-refractivity contribution in [1.29, 1.82) is 0 Å². The van der Waals surface area contributed by atoms with E-state index in [1.54, 1.807) is 0 Å². The van der Waals surface area contributed by atoms with Crippen molar-refractivity contribution in [3.05, 3.63) is 35.4 Å². The van der Waals surface area contributed by atoms with E-state index in [2.05, 4.69) is 41.4 Å². The van der Waals surface area contributed by atoms with Gasteiger partial charge >= 0.3 is 0 Å². The van der Waals surface area contributed by atoms with Crippen molar-refractivity contribution < 1.29 is 4.79 Å². The van der Waals surface area contributed by atoms with Gasteiger partial charge < -0.3 is 10.2 Å². The second-order valence-corrected chi connectivity index (χ2v) is 5.84. The van der Waals surface area contributed by atoms with Gasteiger partial charge in [-0.1, -0.05) is 29.8 Å². The Labute approximate surface area is 115 Å². The van der Waals surface area contributed by atoms with Gasteiger partial charge in [0, 0.05) is 18.6 Å². The highest BCUT2D eigenvalue weighted by atomic mass is 16.2. The molecule has 3 nitrogen and oxygen atoms in total. The van der Waals surface area contributed by atoms with E-state index < -0.39 is 0 Å². The molecule has 2 bridgehead atoms. The maximum Gasteiger partial charge on any atom is 0.227 e. The van der Waals surface area contributed by atoms with E-state index in [1.165, 1.54) is 12.0 Å². The van der Waals surface area contributed by atoms with Crippen molar-refractivity contribution in [2.75, 3.05) is 13.1 Å². The van der Waals surface area contributed by atoms with Gasteiger partial charge in [0.1, 0.15) is 0 Å². The van der Waals surface area contributed by atoms with Crippen LogP contribution in [0.5, 0.6) is 0 Å². The smallest absolute Gasteiger partial charge is 0.227 e. The van der Waals surface area contributed by atoms with Crippen molar-refractivity contribution in [1.82, 2.24) is 10.2 Å². The molecule has 2 aliphatic heterocycles. The molecule has 19 heavy (non-hydrogen) atoms. The van der Waals surface area contributed by atoms with Crippen LogP contribution in [0.25, 0.3) is 0 Å². The first-order chi connectivity index (χ1) is 9.24. The molecule has 1 aromatic rings. The van der Waals surface area contributed by atoms with Gasteiger partial charge in [0.25, 0.3) is 0 Å². The Kier molecular flexibility index (Phi) is 3.56. The Balaban J connectivity index is 1.71. The maximum absolute atomic E-state index is 12.6. The zero-order valence-corrected chi connectivity index (χ0v) is 11.6. The van der Waals surface area contributed by atoms with Crippen molar-refractivity contribution in [3.8, 4) is 0 Å². The van der Waals surface area contributed by atoms with E-state index in [1.807, 2.05) is 0 Å². The lowest BCUT2D eigenvalue weighted by Crippen LogP contribution is -2.43. The number of nitrogens with one attached hydrogen (secondary N) is 1. The van der Waals surface area contributed by atoms with E-state index in [0.29, 0.717) is 24.4 Å². The Morgan fingerprint density at radius 2 is 1.95 bits per heavy atom. The van der Waals surface area contributed by atoms with E-state index in [-0.39, 0.29) is 0 Å². The molecule has 3 heteroatoms. The number of hydrogen-bond acceptors (Lipinski definition) is 2. The number of fused-ring (bicyclic) bond motifs is 2. The predicted molar refractivity (Wildman–Crippen MR) is 76.0 cm³/mol. The topological polar surface area (TPSA) is 32.3 Å². The molecule has 2 aliphatic rings. The highest BCUT2D eigenvalue weighted by Crippen LogP contribution is 2.28. The lowest BCUT2D eigenvalue weighted by molar-refractivity contribution is -0.133. The summed E-state index contributed by atoms with van der Waals surface area (Å²) in [6.07, 6.45) is 4.01. The molecule has 1 N–H and O–H groups in total. The van der Waals surface area contributed by atoms with Crippen molar-refractivity contribution in [3.63, 3.8) is 0 Å². The number of nitrogens with zero attached hydrogens (tertiary/aromatic N) is 1. The number of hydrogen-bond donors (Lipinski definition) is 1. The molecule has 3 rings (SSSR count). The molecule has 0 radical (unpaired) electrons. The van der Waals surface area contributed by atoms with E-state index in [0.717, 1.165) is 31.5 Å². The predicted octanol–water partition coefficient (Wildman–Crippen LogP) is 1.89. The average molecular weight is 258 g/mol. The number of amides is 1. The van der Waals surface area contributed by atoms with Crippen LogP contribution < -0.4 is 5.32 Å². The number of carbonyl (C=O) groups excluding carboxylic acids is 1. The highest BCUT2D eigenvalue weighted by Gasteiger charge is 2.37. The maximum atomic E-state index is 12.6. The molecule has 1 amide bonds. The molecule has 2 fully saturated rings. The van der Waals surface area contributed by atoms with Gasteiger partial charge in [0.15, 0.2) is 0 Å². The van der Waals surface area contributed by atoms with Crippen molar-refractivity contribution >= 4 is 5.91 Å². The molecular formula is C16H22N2O. The standard InChI is InChI=1S/C16H22N2O/c1-12-2-4-13(5-3-12)10-16(19)18-14-6-7-15(18)11-17-9-8-14/h2-5,14-15,17H,6-11H2,1H3. The monoisotopic (exact) mass is 258 g/mol. The van der Waals surface area contributed by atoms with Crippen LogP contribution in [-0.4, -0.2) is 36.0 Å². The SMILES string of the molecule is Cc1ccc(CC(=O)N2C3CCNCC2CC3)cc1. The van der Waals surface area contributed by atoms with Crippen LogP contribution in [0.4, 0.5) is 0 Å². The molecular weight excluding hydrogens is 236 g/mol. The minimum atomic E-state index is 0.306. The first-order valence-electron chi connectivity index (χ1n) is 7.31.